The number of aromatic nitrogens is 3. The minimum atomic E-state index is -1.85. The molecule has 4 heterocycles. The summed E-state index contributed by atoms with van der Waals surface area (Å²) >= 11 is 0. The smallest absolute Gasteiger partial charge is 0.337 e. The van der Waals surface area contributed by atoms with E-state index >= 15 is 0 Å². The number of rotatable bonds is 16. The zero-order valence-electron chi connectivity index (χ0n) is 45.4. The van der Waals surface area contributed by atoms with Crippen molar-refractivity contribution in [1.29, 1.82) is 0 Å². The number of esters is 2. The first-order valence-corrected chi connectivity index (χ1v) is 25.7. The number of hydrogen-bond acceptors (Lipinski definition) is 19. The first-order valence-electron chi connectivity index (χ1n) is 25.7. The van der Waals surface area contributed by atoms with Gasteiger partial charge in [-0.05, 0) is 105 Å². The molecule has 0 aliphatic carbocycles. The maximum Gasteiger partial charge on any atom is 0.337 e. The van der Waals surface area contributed by atoms with E-state index in [4.69, 9.17) is 37.9 Å². The lowest BCUT2D eigenvalue weighted by atomic mass is 9.83. The summed E-state index contributed by atoms with van der Waals surface area (Å²) in [6.07, 6.45) is -8.28. The largest absolute Gasteiger partial charge is 0.465 e. The fourth-order valence-electron chi connectivity index (χ4n) is 10.8. The number of hydrogen-bond donors (Lipinski definition) is 5. The quantitative estimate of drug-likeness (QED) is 0.151. The molecular formula is C52H86FN5O15. The third-order valence-corrected chi connectivity index (χ3v) is 15.8. The number of carbonyl (C=O) groups excluding carboxylic acids is 2. The third-order valence-electron chi connectivity index (χ3n) is 15.8. The lowest BCUT2D eigenvalue weighted by Gasteiger charge is -2.47. The van der Waals surface area contributed by atoms with Gasteiger partial charge in [0, 0.05) is 64.9 Å². The van der Waals surface area contributed by atoms with E-state index in [1.165, 1.54) is 32.9 Å². The molecule has 0 bridgehead atoms. The molecule has 3 saturated heterocycles. The first kappa shape index (κ1) is 60.6. The second kappa shape index (κ2) is 25.7. The maximum atomic E-state index is 14.8. The molecule has 1 aromatic heterocycles. The normalized spacial score (nSPS) is 38.5. The van der Waals surface area contributed by atoms with Crippen molar-refractivity contribution in [3.63, 3.8) is 0 Å². The summed E-state index contributed by atoms with van der Waals surface area (Å²) < 4.78 is 64.5. The molecule has 2 aromatic rings. The summed E-state index contributed by atoms with van der Waals surface area (Å²) in [5, 5.41) is 68.0. The van der Waals surface area contributed by atoms with Crippen LogP contribution < -0.4 is 0 Å². The van der Waals surface area contributed by atoms with E-state index in [-0.39, 0.29) is 31.6 Å². The number of aliphatic hydroxyl groups excluding tert-OH is 3. The van der Waals surface area contributed by atoms with Gasteiger partial charge in [0.05, 0.1) is 59.9 Å². The summed E-state index contributed by atoms with van der Waals surface area (Å²) in [6.45, 7) is 15.5. The van der Waals surface area contributed by atoms with Gasteiger partial charge >= 0.3 is 11.9 Å². The van der Waals surface area contributed by atoms with Gasteiger partial charge in [0.15, 0.2) is 12.6 Å². The molecule has 19 atom stereocenters. The molecule has 21 heteroatoms. The Morgan fingerprint density at radius 1 is 0.973 bits per heavy atom. The molecule has 0 unspecified atom stereocenters. The van der Waals surface area contributed by atoms with Crippen LogP contribution in [0.1, 0.15) is 128 Å². The van der Waals surface area contributed by atoms with Crippen molar-refractivity contribution in [2.24, 2.45) is 11.8 Å². The van der Waals surface area contributed by atoms with E-state index in [0.717, 1.165) is 0 Å². The average molecular weight is 1040 g/mol. The summed E-state index contributed by atoms with van der Waals surface area (Å²) in [6, 6.07) is 4.57. The molecule has 0 radical (unpaired) electrons. The number of methoxy groups -OCH3 is 3. The van der Waals surface area contributed by atoms with Gasteiger partial charge in [-0.3, -0.25) is 4.79 Å². The van der Waals surface area contributed by atoms with Gasteiger partial charge in [0.25, 0.3) is 0 Å². The SMILES string of the molecule is CC[C@H]1OC(=O)[C@H](C)[C@@H](O[C@H]2C[C@@](C)(OC)[C@@H](O)[C@H](C)O2)C[C@@H](O[C@@H]2O[C@H](C)C[C@H](N(C)CCc3cn([C@H](CF)[C@H](OC)c4ccc(C(=O)OC)cc4)nn3)[C@H]2O)[C@](C)(O)C[C@@H](C)CN(C)[C@H](C)[C@@H](O)[C@]1(C)O. The Morgan fingerprint density at radius 3 is 2.25 bits per heavy atom. The second-order valence-corrected chi connectivity index (χ2v) is 21.6. The van der Waals surface area contributed by atoms with Crippen molar-refractivity contribution in [3.8, 4) is 0 Å². The minimum absolute atomic E-state index is 0.0828. The Labute approximate surface area is 430 Å². The van der Waals surface area contributed by atoms with Crippen LogP contribution in [-0.2, 0) is 49.1 Å². The second-order valence-electron chi connectivity index (χ2n) is 21.6. The minimum Gasteiger partial charge on any atom is -0.465 e. The lowest BCUT2D eigenvalue weighted by molar-refractivity contribution is -0.308. The number of nitrogens with zero attached hydrogens (tertiary/aromatic N) is 5. The van der Waals surface area contributed by atoms with Crippen LogP contribution in [0.4, 0.5) is 4.39 Å². The van der Waals surface area contributed by atoms with E-state index < -0.39 is 127 Å². The Morgan fingerprint density at radius 2 is 1.64 bits per heavy atom. The van der Waals surface area contributed by atoms with Crippen molar-refractivity contribution in [2.45, 2.75) is 203 Å². The molecule has 5 N–H and O–H groups in total. The molecule has 1 aromatic carbocycles. The van der Waals surface area contributed by atoms with Crippen molar-refractivity contribution >= 4 is 11.9 Å². The third kappa shape index (κ3) is 14.4. The highest BCUT2D eigenvalue weighted by Crippen LogP contribution is 2.39. The van der Waals surface area contributed by atoms with E-state index in [1.54, 1.807) is 72.0 Å². The maximum absolute atomic E-state index is 14.8. The van der Waals surface area contributed by atoms with Gasteiger partial charge in [0.1, 0.15) is 48.8 Å². The van der Waals surface area contributed by atoms with Crippen LogP contribution in [0.25, 0.3) is 0 Å². The Kier molecular flexibility index (Phi) is 21.3. The van der Waals surface area contributed by atoms with E-state index in [0.29, 0.717) is 42.8 Å². The van der Waals surface area contributed by atoms with Crippen LogP contribution in [0.15, 0.2) is 30.5 Å². The van der Waals surface area contributed by atoms with Gasteiger partial charge < -0.3 is 73.2 Å². The number of cyclic esters (lactones) is 1. The highest BCUT2D eigenvalue weighted by atomic mass is 19.1. The Bertz CT molecular complexity index is 2050. The van der Waals surface area contributed by atoms with Crippen LogP contribution in [0.2, 0.25) is 0 Å². The molecule has 20 nitrogen and oxygen atoms in total. The fraction of sp³-hybridized carbons (Fsp3) is 0.808. The highest BCUT2D eigenvalue weighted by Gasteiger charge is 2.51. The molecule has 3 aliphatic heterocycles. The predicted molar refractivity (Wildman–Crippen MR) is 265 cm³/mol. The summed E-state index contributed by atoms with van der Waals surface area (Å²) in [5.41, 5.74) is -3.02. The molecule has 0 amide bonds. The van der Waals surface area contributed by atoms with Crippen molar-refractivity contribution in [1.82, 2.24) is 24.8 Å². The summed E-state index contributed by atoms with van der Waals surface area (Å²) in [4.78, 5) is 30.2. The monoisotopic (exact) mass is 1040 g/mol. The molecule has 0 spiro atoms. The van der Waals surface area contributed by atoms with Gasteiger partial charge in [-0.15, -0.1) is 5.10 Å². The molecule has 73 heavy (non-hydrogen) atoms. The number of benzene rings is 1. The van der Waals surface area contributed by atoms with E-state index in [2.05, 4.69) is 10.3 Å². The first-order chi connectivity index (χ1) is 34.2. The zero-order chi connectivity index (χ0) is 54.3. The topological polar surface area (TPSA) is 246 Å². The number of halogens is 1. The lowest BCUT2D eigenvalue weighted by Crippen LogP contribution is -2.59. The summed E-state index contributed by atoms with van der Waals surface area (Å²) in [7, 11) is 7.93. The number of alkyl halides is 1. The van der Waals surface area contributed by atoms with E-state index in [1.807, 2.05) is 37.7 Å². The van der Waals surface area contributed by atoms with Crippen molar-refractivity contribution in [3.05, 3.63) is 47.3 Å². The van der Waals surface area contributed by atoms with Crippen LogP contribution in [0.5, 0.6) is 0 Å². The highest BCUT2D eigenvalue weighted by molar-refractivity contribution is 5.89. The molecular weight excluding hydrogens is 954 g/mol. The predicted octanol–water partition coefficient (Wildman–Crippen LogP) is 3.54. The van der Waals surface area contributed by atoms with Crippen molar-refractivity contribution < 1.29 is 77.4 Å². The molecule has 3 aliphatic rings. The van der Waals surface area contributed by atoms with Crippen molar-refractivity contribution in [2.75, 3.05) is 55.2 Å². The van der Waals surface area contributed by atoms with Crippen LogP contribution in [-0.4, -0.2) is 208 Å². The van der Waals surface area contributed by atoms with Gasteiger partial charge in [-0.25, -0.2) is 13.9 Å². The summed E-state index contributed by atoms with van der Waals surface area (Å²) in [5.74, 6) is -2.52. The van der Waals surface area contributed by atoms with Crippen LogP contribution >= 0.6 is 0 Å². The number of likely N-dealkylation sites (N-methyl/N-ethyl adjacent to an activating group) is 2. The molecule has 0 saturated carbocycles. The van der Waals surface area contributed by atoms with Crippen LogP contribution in [0, 0.1) is 11.8 Å². The Balaban J connectivity index is 1.41. The number of ether oxygens (including phenoxy) is 8. The molecule has 3 fully saturated rings. The number of carbonyl (C=O) groups is 2. The van der Waals surface area contributed by atoms with E-state index in [9.17, 15) is 39.5 Å². The number of aliphatic hydroxyl groups is 5. The zero-order valence-corrected chi connectivity index (χ0v) is 45.4. The van der Waals surface area contributed by atoms with Gasteiger partial charge in [-0.1, -0.05) is 31.2 Å². The fourth-order valence-corrected chi connectivity index (χ4v) is 10.8. The Hall–Kier alpha value is -3.29. The van der Waals surface area contributed by atoms with Gasteiger partial charge in [-0.2, -0.15) is 0 Å². The molecule has 5 rings (SSSR count). The average Bonchev–Trinajstić information content (AvgIpc) is 3.82. The standard InChI is InChI=1S/C52H86FN5O15/c1-15-40-52(9,65)45(60)32(5)57(11)27-29(2)24-50(7,64)41(23-39(31(4)47(62)72-40)71-42-25-51(8,68-14)46(61)33(6)70-42)73-49-43(59)37(22-30(3)69-49)56(10)21-20-36-28-58(55-54-36)38(26-53)44(66-12)34-16-18-35(19-17-34)48(63)67-13/h16-19,28-33,37-46,49,59-61,64-65H,15,20-27H2,1-14H3/t29-,30-,31-,32-,33+,37+,38-,39+,40-,41-,42+,43-,44-,45-,46+,49+,50-,51-,52-/m1/s1. The van der Waals surface area contributed by atoms with Gasteiger partial charge in [0.2, 0.25) is 0 Å². The molecule has 416 valence electrons. The van der Waals surface area contributed by atoms with Crippen LogP contribution in [0.3, 0.4) is 0 Å².